The number of nitriles is 1. The van der Waals surface area contributed by atoms with Crippen LogP contribution in [-0.2, 0) is 0 Å². The molecule has 6 nitrogen and oxygen atoms in total. The standard InChI is InChI=1S/C24H15ClN4O2/c1-14-22(29-10-2-3-19(25)23(29)27-14)28-24(30)21-9-8-20(31-21)18-7-6-16-11-15(13-26)4-5-17(16)12-18/h2-12H,1H3,(H,28,30). The fraction of sp³-hybridized carbons (Fsp3) is 0.0417. The fourth-order valence-corrected chi connectivity index (χ4v) is 3.76. The molecule has 2 aromatic carbocycles. The van der Waals surface area contributed by atoms with Crippen LogP contribution < -0.4 is 5.32 Å². The summed E-state index contributed by atoms with van der Waals surface area (Å²) in [5, 5.41) is 14.4. The van der Waals surface area contributed by atoms with Gasteiger partial charge in [0.1, 0.15) is 11.6 Å². The molecule has 0 aliphatic rings. The van der Waals surface area contributed by atoms with Gasteiger partial charge in [0.05, 0.1) is 22.3 Å². The number of pyridine rings is 1. The summed E-state index contributed by atoms with van der Waals surface area (Å²) in [7, 11) is 0. The molecule has 0 fully saturated rings. The Bertz CT molecular complexity index is 1520. The number of halogens is 1. The second-order valence-electron chi connectivity index (χ2n) is 7.10. The molecular formula is C24H15ClN4O2. The Kier molecular flexibility index (Phi) is 4.46. The lowest BCUT2D eigenvalue weighted by molar-refractivity contribution is 0.0997. The number of anilines is 1. The van der Waals surface area contributed by atoms with E-state index in [0.717, 1.165) is 16.3 Å². The minimum atomic E-state index is -0.379. The second-order valence-corrected chi connectivity index (χ2v) is 7.51. The van der Waals surface area contributed by atoms with Crippen molar-refractivity contribution in [2.75, 3.05) is 5.32 Å². The molecule has 5 aromatic rings. The number of hydrogen-bond acceptors (Lipinski definition) is 4. The number of rotatable bonds is 3. The van der Waals surface area contributed by atoms with Crippen LogP contribution in [0.4, 0.5) is 5.82 Å². The van der Waals surface area contributed by atoms with Gasteiger partial charge in [-0.05, 0) is 60.2 Å². The molecule has 0 saturated carbocycles. The van der Waals surface area contributed by atoms with E-state index >= 15 is 0 Å². The van der Waals surface area contributed by atoms with Crippen molar-refractivity contribution in [1.82, 2.24) is 9.38 Å². The van der Waals surface area contributed by atoms with E-state index in [1.165, 1.54) is 0 Å². The maximum atomic E-state index is 12.8. The molecule has 5 rings (SSSR count). The predicted octanol–water partition coefficient (Wildman–Crippen LogP) is 5.83. The van der Waals surface area contributed by atoms with Crippen LogP contribution in [0.5, 0.6) is 0 Å². The van der Waals surface area contributed by atoms with Gasteiger partial charge in [0.2, 0.25) is 0 Å². The van der Waals surface area contributed by atoms with Gasteiger partial charge in [-0.25, -0.2) is 4.98 Å². The molecule has 1 amide bonds. The van der Waals surface area contributed by atoms with Gasteiger partial charge in [-0.15, -0.1) is 0 Å². The van der Waals surface area contributed by atoms with Crippen molar-refractivity contribution >= 4 is 39.7 Å². The lowest BCUT2D eigenvalue weighted by atomic mass is 10.0. The third-order valence-electron chi connectivity index (χ3n) is 5.09. The highest BCUT2D eigenvalue weighted by molar-refractivity contribution is 6.33. The van der Waals surface area contributed by atoms with Crippen molar-refractivity contribution in [3.63, 3.8) is 0 Å². The Balaban J connectivity index is 1.44. The smallest absolute Gasteiger partial charge is 0.292 e. The van der Waals surface area contributed by atoms with Crippen LogP contribution in [0.3, 0.4) is 0 Å². The van der Waals surface area contributed by atoms with Crippen molar-refractivity contribution in [1.29, 1.82) is 5.26 Å². The van der Waals surface area contributed by atoms with Crippen LogP contribution in [0.15, 0.2) is 71.3 Å². The number of nitrogens with one attached hydrogen (secondary N) is 1. The van der Waals surface area contributed by atoms with E-state index in [0.29, 0.717) is 33.5 Å². The van der Waals surface area contributed by atoms with Crippen molar-refractivity contribution in [2.24, 2.45) is 0 Å². The maximum absolute atomic E-state index is 12.8. The Morgan fingerprint density at radius 2 is 1.94 bits per heavy atom. The molecule has 3 heterocycles. The van der Waals surface area contributed by atoms with E-state index in [1.807, 2.05) is 30.3 Å². The number of nitrogens with zero attached hydrogens (tertiary/aromatic N) is 3. The minimum Gasteiger partial charge on any atom is -0.451 e. The molecule has 0 aliphatic heterocycles. The highest BCUT2D eigenvalue weighted by atomic mass is 35.5. The molecule has 150 valence electrons. The van der Waals surface area contributed by atoms with Gasteiger partial charge in [0.15, 0.2) is 11.4 Å². The zero-order valence-electron chi connectivity index (χ0n) is 16.4. The Hall–Kier alpha value is -4.08. The van der Waals surface area contributed by atoms with Gasteiger partial charge in [-0.3, -0.25) is 9.20 Å². The van der Waals surface area contributed by atoms with E-state index in [-0.39, 0.29) is 11.7 Å². The number of carbonyl (C=O) groups is 1. The van der Waals surface area contributed by atoms with Crippen molar-refractivity contribution < 1.29 is 9.21 Å². The molecule has 31 heavy (non-hydrogen) atoms. The zero-order valence-corrected chi connectivity index (χ0v) is 17.1. The third kappa shape index (κ3) is 3.31. The van der Waals surface area contributed by atoms with Gasteiger partial charge in [0.25, 0.3) is 5.91 Å². The molecular weight excluding hydrogens is 412 g/mol. The number of benzene rings is 2. The third-order valence-corrected chi connectivity index (χ3v) is 5.39. The molecule has 0 aliphatic carbocycles. The highest BCUT2D eigenvalue weighted by Gasteiger charge is 2.17. The number of aromatic nitrogens is 2. The lowest BCUT2D eigenvalue weighted by Gasteiger charge is -2.05. The van der Waals surface area contributed by atoms with Crippen LogP contribution in [0.2, 0.25) is 5.02 Å². The van der Waals surface area contributed by atoms with Crippen LogP contribution >= 0.6 is 11.6 Å². The van der Waals surface area contributed by atoms with Gasteiger partial charge in [-0.2, -0.15) is 5.26 Å². The number of aryl methyl sites for hydroxylation is 1. The molecule has 0 saturated heterocycles. The van der Waals surface area contributed by atoms with E-state index in [9.17, 15) is 4.79 Å². The maximum Gasteiger partial charge on any atom is 0.292 e. The molecule has 7 heteroatoms. The Morgan fingerprint density at radius 1 is 1.13 bits per heavy atom. The summed E-state index contributed by atoms with van der Waals surface area (Å²) in [4.78, 5) is 17.2. The number of fused-ring (bicyclic) bond motifs is 2. The summed E-state index contributed by atoms with van der Waals surface area (Å²) in [6.45, 7) is 1.80. The first-order valence-electron chi connectivity index (χ1n) is 9.52. The van der Waals surface area contributed by atoms with E-state index in [2.05, 4.69) is 16.4 Å². The van der Waals surface area contributed by atoms with Gasteiger partial charge >= 0.3 is 0 Å². The summed E-state index contributed by atoms with van der Waals surface area (Å²) in [6, 6.07) is 20.4. The van der Waals surface area contributed by atoms with Crippen molar-refractivity contribution in [2.45, 2.75) is 6.92 Å². The molecule has 0 bridgehead atoms. The number of furan rings is 1. The fourth-order valence-electron chi connectivity index (χ4n) is 3.55. The Labute approximate surface area is 182 Å². The first kappa shape index (κ1) is 18.9. The Morgan fingerprint density at radius 3 is 2.77 bits per heavy atom. The van der Waals surface area contributed by atoms with E-state index in [1.54, 1.807) is 47.9 Å². The monoisotopic (exact) mass is 426 g/mol. The highest BCUT2D eigenvalue weighted by Crippen LogP contribution is 2.28. The molecule has 1 N–H and O–H groups in total. The number of amides is 1. The SMILES string of the molecule is Cc1nc2c(Cl)cccn2c1NC(=O)c1ccc(-c2ccc3cc(C#N)ccc3c2)o1. The number of carbonyl (C=O) groups excluding carboxylic acids is 1. The second kappa shape index (κ2) is 7.31. The van der Waals surface area contributed by atoms with Crippen molar-refractivity contribution in [3.8, 4) is 17.4 Å². The van der Waals surface area contributed by atoms with E-state index < -0.39 is 0 Å². The number of imidazole rings is 1. The van der Waals surface area contributed by atoms with Crippen LogP contribution in [-0.4, -0.2) is 15.3 Å². The lowest BCUT2D eigenvalue weighted by Crippen LogP contribution is -2.13. The topological polar surface area (TPSA) is 83.3 Å². The van der Waals surface area contributed by atoms with Gasteiger partial charge in [0, 0.05) is 11.8 Å². The quantitative estimate of drug-likeness (QED) is 0.393. The van der Waals surface area contributed by atoms with Gasteiger partial charge < -0.3 is 9.73 Å². The van der Waals surface area contributed by atoms with E-state index in [4.69, 9.17) is 21.3 Å². The van der Waals surface area contributed by atoms with Crippen LogP contribution in [0.25, 0.3) is 27.7 Å². The van der Waals surface area contributed by atoms with Crippen molar-refractivity contribution in [3.05, 3.63) is 88.9 Å². The summed E-state index contributed by atoms with van der Waals surface area (Å²) in [5.74, 6) is 0.927. The largest absolute Gasteiger partial charge is 0.451 e. The molecule has 0 unspecified atom stereocenters. The predicted molar refractivity (Wildman–Crippen MR) is 119 cm³/mol. The average Bonchev–Trinajstić information content (AvgIpc) is 3.39. The molecule has 0 spiro atoms. The summed E-state index contributed by atoms with van der Waals surface area (Å²) in [6.07, 6.45) is 1.79. The first-order valence-corrected chi connectivity index (χ1v) is 9.90. The molecule has 3 aromatic heterocycles. The minimum absolute atomic E-state index is 0.186. The first-order chi connectivity index (χ1) is 15.0. The molecule has 0 radical (unpaired) electrons. The summed E-state index contributed by atoms with van der Waals surface area (Å²) >= 11 is 6.20. The zero-order chi connectivity index (χ0) is 21.5. The van der Waals surface area contributed by atoms with Crippen LogP contribution in [0.1, 0.15) is 21.8 Å². The van der Waals surface area contributed by atoms with Gasteiger partial charge in [-0.1, -0.05) is 29.8 Å². The average molecular weight is 427 g/mol. The van der Waals surface area contributed by atoms with Crippen LogP contribution in [0, 0.1) is 18.3 Å². The summed E-state index contributed by atoms with van der Waals surface area (Å²) in [5.41, 5.74) is 2.68. The molecule has 0 atom stereocenters. The number of hydrogen-bond donors (Lipinski definition) is 1. The normalized spacial score (nSPS) is 11.0. The summed E-state index contributed by atoms with van der Waals surface area (Å²) < 4.78 is 7.56.